The van der Waals surface area contributed by atoms with Crippen molar-refractivity contribution in [1.29, 1.82) is 0 Å². The van der Waals surface area contributed by atoms with Crippen LogP contribution in [-0.2, 0) is 0 Å². The lowest BCUT2D eigenvalue weighted by molar-refractivity contribution is 0.188. The molecule has 1 aliphatic rings. The molecule has 2 heterocycles. The van der Waals surface area contributed by atoms with E-state index in [-0.39, 0.29) is 0 Å². The molecule has 1 atom stereocenters. The molecule has 0 aromatic carbocycles. The first-order valence-corrected chi connectivity index (χ1v) is 6.35. The summed E-state index contributed by atoms with van der Waals surface area (Å²) < 4.78 is 0. The second-order valence-electron chi connectivity index (χ2n) is 5.54. The summed E-state index contributed by atoms with van der Waals surface area (Å²) in [4.78, 5) is 0. The molecule has 4 heteroatoms. The summed E-state index contributed by atoms with van der Waals surface area (Å²) in [5.41, 5.74) is 1.30. The number of anilines is 1. The van der Waals surface area contributed by atoms with Crippen LogP contribution >= 0.6 is 0 Å². The fraction of sp³-hybridized carbons (Fsp3) is 0.692. The van der Waals surface area contributed by atoms with Crippen molar-refractivity contribution in [2.24, 2.45) is 5.41 Å². The van der Waals surface area contributed by atoms with E-state index in [1.165, 1.54) is 12.8 Å². The van der Waals surface area contributed by atoms with Gasteiger partial charge in [-0.25, -0.2) is 0 Å². The van der Waals surface area contributed by atoms with Gasteiger partial charge in [-0.2, -0.15) is 5.10 Å². The SMILES string of the molecule is Cc1ccc(NCC2NCCCC2(C)C)nn1. The highest BCUT2D eigenvalue weighted by Gasteiger charge is 2.31. The van der Waals surface area contributed by atoms with Crippen LogP contribution in [0, 0.1) is 12.3 Å². The second kappa shape index (κ2) is 5.00. The van der Waals surface area contributed by atoms with Gasteiger partial charge >= 0.3 is 0 Å². The highest BCUT2D eigenvalue weighted by Crippen LogP contribution is 2.29. The Hall–Kier alpha value is -1.16. The standard InChI is InChI=1S/C13H22N4/c1-10-5-6-12(17-16-10)15-9-11-13(2,3)7-4-8-14-11/h5-6,11,14H,4,7-9H2,1-3H3,(H,15,17). The molecule has 2 N–H and O–H groups in total. The van der Waals surface area contributed by atoms with Crippen LogP contribution in [0.3, 0.4) is 0 Å². The van der Waals surface area contributed by atoms with E-state index in [4.69, 9.17) is 0 Å². The Morgan fingerprint density at radius 1 is 1.41 bits per heavy atom. The third-order valence-electron chi connectivity index (χ3n) is 3.62. The number of aromatic nitrogens is 2. The Morgan fingerprint density at radius 2 is 2.24 bits per heavy atom. The molecular weight excluding hydrogens is 212 g/mol. The zero-order valence-corrected chi connectivity index (χ0v) is 11.0. The lowest BCUT2D eigenvalue weighted by Crippen LogP contribution is -2.50. The molecule has 17 heavy (non-hydrogen) atoms. The summed E-state index contributed by atoms with van der Waals surface area (Å²) in [6.07, 6.45) is 2.56. The van der Waals surface area contributed by atoms with Gasteiger partial charge in [0.05, 0.1) is 5.69 Å². The minimum atomic E-state index is 0.351. The van der Waals surface area contributed by atoms with Crippen LogP contribution in [0.1, 0.15) is 32.4 Å². The van der Waals surface area contributed by atoms with E-state index in [1.54, 1.807) is 0 Å². The van der Waals surface area contributed by atoms with E-state index in [9.17, 15) is 0 Å². The van der Waals surface area contributed by atoms with Crippen molar-refractivity contribution in [3.8, 4) is 0 Å². The Bertz CT molecular complexity index is 358. The van der Waals surface area contributed by atoms with Gasteiger partial charge in [0, 0.05) is 12.6 Å². The molecule has 2 rings (SSSR count). The number of hydrogen-bond acceptors (Lipinski definition) is 4. The van der Waals surface area contributed by atoms with Crippen LogP contribution in [0.5, 0.6) is 0 Å². The first-order valence-electron chi connectivity index (χ1n) is 6.35. The monoisotopic (exact) mass is 234 g/mol. The summed E-state index contributed by atoms with van der Waals surface area (Å²) in [5.74, 6) is 0.860. The molecule has 1 aromatic rings. The van der Waals surface area contributed by atoms with Crippen LogP contribution in [0.2, 0.25) is 0 Å². The van der Waals surface area contributed by atoms with Crippen molar-refractivity contribution in [3.05, 3.63) is 17.8 Å². The minimum absolute atomic E-state index is 0.351. The van der Waals surface area contributed by atoms with Crippen molar-refractivity contribution >= 4 is 5.82 Å². The Kier molecular flexibility index (Phi) is 3.62. The summed E-state index contributed by atoms with van der Waals surface area (Å²) in [5, 5.41) is 15.1. The van der Waals surface area contributed by atoms with Gasteiger partial charge in [0.1, 0.15) is 5.82 Å². The number of piperidine rings is 1. The molecule has 0 amide bonds. The maximum absolute atomic E-state index is 4.12. The van der Waals surface area contributed by atoms with Crippen molar-refractivity contribution in [2.45, 2.75) is 39.7 Å². The minimum Gasteiger partial charge on any atom is -0.367 e. The summed E-state index contributed by atoms with van der Waals surface area (Å²) >= 11 is 0. The number of rotatable bonds is 3. The molecule has 1 saturated heterocycles. The molecule has 4 nitrogen and oxygen atoms in total. The largest absolute Gasteiger partial charge is 0.367 e. The first kappa shape index (κ1) is 12.3. The number of nitrogens with zero attached hydrogens (tertiary/aromatic N) is 2. The van der Waals surface area contributed by atoms with Gasteiger partial charge in [-0.1, -0.05) is 13.8 Å². The highest BCUT2D eigenvalue weighted by molar-refractivity contribution is 5.33. The van der Waals surface area contributed by atoms with E-state index in [1.807, 2.05) is 19.1 Å². The van der Waals surface area contributed by atoms with Crippen LogP contribution in [0.25, 0.3) is 0 Å². The molecule has 1 aromatic heterocycles. The zero-order valence-electron chi connectivity index (χ0n) is 11.0. The Morgan fingerprint density at radius 3 is 2.88 bits per heavy atom. The van der Waals surface area contributed by atoms with Gasteiger partial charge in [-0.15, -0.1) is 5.10 Å². The van der Waals surface area contributed by atoms with Crippen LogP contribution < -0.4 is 10.6 Å². The van der Waals surface area contributed by atoms with Gasteiger partial charge in [0.2, 0.25) is 0 Å². The summed E-state index contributed by atoms with van der Waals surface area (Å²) in [6, 6.07) is 4.46. The fourth-order valence-electron chi connectivity index (χ4n) is 2.32. The molecular formula is C13H22N4. The van der Waals surface area contributed by atoms with E-state index >= 15 is 0 Å². The Labute approximate surface area is 103 Å². The van der Waals surface area contributed by atoms with Crippen LogP contribution in [0.4, 0.5) is 5.82 Å². The van der Waals surface area contributed by atoms with Gasteiger partial charge in [-0.05, 0) is 43.9 Å². The quantitative estimate of drug-likeness (QED) is 0.839. The lowest BCUT2D eigenvalue weighted by atomic mass is 9.77. The van der Waals surface area contributed by atoms with E-state index in [0.717, 1.165) is 24.6 Å². The molecule has 0 bridgehead atoms. The average Bonchev–Trinajstić information content (AvgIpc) is 2.29. The molecule has 94 valence electrons. The zero-order chi connectivity index (χ0) is 12.3. The normalized spacial score (nSPS) is 23.4. The van der Waals surface area contributed by atoms with Crippen molar-refractivity contribution < 1.29 is 0 Å². The number of aryl methyl sites for hydroxylation is 1. The van der Waals surface area contributed by atoms with Crippen LogP contribution in [0.15, 0.2) is 12.1 Å². The Balaban J connectivity index is 1.91. The maximum atomic E-state index is 4.12. The molecule has 1 fully saturated rings. The van der Waals surface area contributed by atoms with E-state index in [2.05, 4.69) is 34.7 Å². The fourth-order valence-corrected chi connectivity index (χ4v) is 2.32. The number of hydrogen-bond donors (Lipinski definition) is 2. The van der Waals surface area contributed by atoms with Gasteiger partial charge < -0.3 is 10.6 Å². The summed E-state index contributed by atoms with van der Waals surface area (Å²) in [6.45, 7) is 8.63. The topological polar surface area (TPSA) is 49.8 Å². The number of nitrogens with one attached hydrogen (secondary N) is 2. The van der Waals surface area contributed by atoms with Crippen LogP contribution in [-0.4, -0.2) is 29.3 Å². The molecule has 0 aliphatic carbocycles. The third-order valence-corrected chi connectivity index (χ3v) is 3.62. The maximum Gasteiger partial charge on any atom is 0.148 e. The highest BCUT2D eigenvalue weighted by atomic mass is 15.2. The first-order chi connectivity index (χ1) is 8.08. The van der Waals surface area contributed by atoms with Crippen molar-refractivity contribution in [2.75, 3.05) is 18.4 Å². The van der Waals surface area contributed by atoms with Crippen molar-refractivity contribution in [3.63, 3.8) is 0 Å². The third kappa shape index (κ3) is 3.16. The second-order valence-corrected chi connectivity index (χ2v) is 5.54. The van der Waals surface area contributed by atoms with Gasteiger partial charge in [0.25, 0.3) is 0 Å². The molecule has 0 saturated carbocycles. The van der Waals surface area contributed by atoms with Gasteiger partial charge in [0.15, 0.2) is 0 Å². The average molecular weight is 234 g/mol. The predicted octanol–water partition coefficient (Wildman–Crippen LogP) is 1.98. The molecule has 1 aliphatic heterocycles. The van der Waals surface area contributed by atoms with E-state index < -0.39 is 0 Å². The molecule has 0 spiro atoms. The smallest absolute Gasteiger partial charge is 0.148 e. The van der Waals surface area contributed by atoms with Gasteiger partial charge in [-0.3, -0.25) is 0 Å². The molecule has 0 radical (unpaired) electrons. The van der Waals surface area contributed by atoms with Crippen molar-refractivity contribution in [1.82, 2.24) is 15.5 Å². The predicted molar refractivity (Wildman–Crippen MR) is 70.1 cm³/mol. The molecule has 1 unspecified atom stereocenters. The van der Waals surface area contributed by atoms with E-state index in [0.29, 0.717) is 11.5 Å². The lowest BCUT2D eigenvalue weighted by Gasteiger charge is -2.39. The summed E-state index contributed by atoms with van der Waals surface area (Å²) in [7, 11) is 0.